The SMILES string of the molecule is Cc1cc(C)c(NC(=O)c2[nH]ncc2N)c(C)c1. The fourth-order valence-corrected chi connectivity index (χ4v) is 2.03. The number of H-pyrrole nitrogens is 1. The van der Waals surface area contributed by atoms with E-state index in [9.17, 15) is 4.79 Å². The summed E-state index contributed by atoms with van der Waals surface area (Å²) in [5, 5.41) is 9.18. The maximum Gasteiger partial charge on any atom is 0.275 e. The molecule has 0 aliphatic rings. The quantitative estimate of drug-likeness (QED) is 0.757. The average Bonchev–Trinajstić information content (AvgIpc) is 2.69. The second-order valence-electron chi connectivity index (χ2n) is 4.43. The standard InChI is InChI=1S/C13H16N4O/c1-7-4-8(2)11(9(3)5-7)16-13(18)12-10(14)6-15-17-12/h4-6H,14H2,1-3H3,(H,15,17)(H,16,18). The monoisotopic (exact) mass is 244 g/mol. The van der Waals surface area contributed by atoms with Crippen molar-refractivity contribution in [2.75, 3.05) is 11.1 Å². The van der Waals surface area contributed by atoms with E-state index in [-0.39, 0.29) is 11.6 Å². The second kappa shape index (κ2) is 4.52. The molecule has 1 aromatic carbocycles. The molecule has 1 amide bonds. The van der Waals surface area contributed by atoms with Crippen molar-refractivity contribution in [2.45, 2.75) is 20.8 Å². The summed E-state index contributed by atoms with van der Waals surface area (Å²) in [5.74, 6) is -0.278. The van der Waals surface area contributed by atoms with Gasteiger partial charge in [-0.25, -0.2) is 0 Å². The van der Waals surface area contributed by atoms with Gasteiger partial charge in [-0.3, -0.25) is 9.89 Å². The first-order valence-corrected chi connectivity index (χ1v) is 5.67. The van der Waals surface area contributed by atoms with E-state index in [1.54, 1.807) is 0 Å². The molecule has 5 nitrogen and oxygen atoms in total. The van der Waals surface area contributed by atoms with Gasteiger partial charge in [-0.15, -0.1) is 0 Å². The van der Waals surface area contributed by atoms with Crippen LogP contribution < -0.4 is 11.1 Å². The fraction of sp³-hybridized carbons (Fsp3) is 0.231. The van der Waals surface area contributed by atoms with Gasteiger partial charge in [-0.1, -0.05) is 17.7 Å². The van der Waals surface area contributed by atoms with E-state index >= 15 is 0 Å². The number of nitrogens with one attached hydrogen (secondary N) is 2. The number of rotatable bonds is 2. The summed E-state index contributed by atoms with van der Waals surface area (Å²) in [6, 6.07) is 4.05. The molecule has 0 atom stereocenters. The maximum atomic E-state index is 12.0. The van der Waals surface area contributed by atoms with Gasteiger partial charge in [-0.05, 0) is 31.9 Å². The molecule has 0 radical (unpaired) electrons. The number of hydrogen-bond acceptors (Lipinski definition) is 3. The lowest BCUT2D eigenvalue weighted by Crippen LogP contribution is -2.15. The van der Waals surface area contributed by atoms with Gasteiger partial charge in [0.1, 0.15) is 5.69 Å². The van der Waals surface area contributed by atoms with Crippen LogP contribution in [0.1, 0.15) is 27.2 Å². The van der Waals surface area contributed by atoms with E-state index in [2.05, 4.69) is 15.5 Å². The third kappa shape index (κ3) is 2.20. The molecule has 1 heterocycles. The fourth-order valence-electron chi connectivity index (χ4n) is 2.03. The lowest BCUT2D eigenvalue weighted by atomic mass is 10.0. The molecule has 5 heteroatoms. The highest BCUT2D eigenvalue weighted by molar-refractivity contribution is 6.06. The van der Waals surface area contributed by atoms with Crippen molar-refractivity contribution < 1.29 is 4.79 Å². The lowest BCUT2D eigenvalue weighted by Gasteiger charge is -2.12. The molecule has 1 aromatic heterocycles. The number of carbonyl (C=O) groups excluding carboxylic acids is 1. The second-order valence-corrected chi connectivity index (χ2v) is 4.43. The Morgan fingerprint density at radius 3 is 2.39 bits per heavy atom. The number of carbonyl (C=O) groups is 1. The number of nitrogens with two attached hydrogens (primary N) is 1. The Kier molecular flexibility index (Phi) is 3.06. The molecule has 4 N–H and O–H groups in total. The van der Waals surface area contributed by atoms with Crippen LogP contribution in [0.5, 0.6) is 0 Å². The smallest absolute Gasteiger partial charge is 0.275 e. The Hall–Kier alpha value is -2.30. The molecule has 94 valence electrons. The highest BCUT2D eigenvalue weighted by Gasteiger charge is 2.14. The molecule has 0 fully saturated rings. The number of aryl methyl sites for hydroxylation is 3. The van der Waals surface area contributed by atoms with E-state index in [0.717, 1.165) is 16.8 Å². The molecule has 2 rings (SSSR count). The molecule has 0 bridgehead atoms. The van der Waals surface area contributed by atoms with Crippen molar-refractivity contribution in [1.29, 1.82) is 0 Å². The number of hydrogen-bond donors (Lipinski definition) is 3. The van der Waals surface area contributed by atoms with Crippen molar-refractivity contribution in [1.82, 2.24) is 10.2 Å². The maximum absolute atomic E-state index is 12.0. The van der Waals surface area contributed by atoms with Crippen LogP contribution in [0.3, 0.4) is 0 Å². The predicted octanol–water partition coefficient (Wildman–Crippen LogP) is 2.17. The lowest BCUT2D eigenvalue weighted by molar-refractivity contribution is 0.102. The Bertz CT molecular complexity index is 578. The average molecular weight is 244 g/mol. The van der Waals surface area contributed by atoms with Crippen LogP contribution in [-0.2, 0) is 0 Å². The van der Waals surface area contributed by atoms with Crippen LogP contribution >= 0.6 is 0 Å². The minimum absolute atomic E-state index is 0.278. The van der Waals surface area contributed by atoms with Crippen molar-refractivity contribution >= 4 is 17.3 Å². The zero-order valence-electron chi connectivity index (χ0n) is 10.7. The van der Waals surface area contributed by atoms with Crippen molar-refractivity contribution in [2.24, 2.45) is 0 Å². The predicted molar refractivity (Wildman–Crippen MR) is 71.6 cm³/mol. The van der Waals surface area contributed by atoms with Crippen LogP contribution in [0.25, 0.3) is 0 Å². The van der Waals surface area contributed by atoms with Crippen molar-refractivity contribution in [3.63, 3.8) is 0 Å². The number of amides is 1. The number of aromatic amines is 1. The number of benzene rings is 1. The Balaban J connectivity index is 2.31. The van der Waals surface area contributed by atoms with E-state index in [1.807, 2.05) is 32.9 Å². The summed E-state index contributed by atoms with van der Waals surface area (Å²) in [5.41, 5.74) is 10.3. The van der Waals surface area contributed by atoms with Crippen LogP contribution in [0.4, 0.5) is 11.4 Å². The van der Waals surface area contributed by atoms with Gasteiger partial charge in [0.25, 0.3) is 5.91 Å². The van der Waals surface area contributed by atoms with Crippen LogP contribution in [0.2, 0.25) is 0 Å². The molecule has 0 saturated carbocycles. The van der Waals surface area contributed by atoms with Crippen LogP contribution in [0.15, 0.2) is 18.3 Å². The van der Waals surface area contributed by atoms with E-state index in [0.29, 0.717) is 5.69 Å². The Morgan fingerprint density at radius 2 is 1.89 bits per heavy atom. The van der Waals surface area contributed by atoms with Crippen LogP contribution in [0, 0.1) is 20.8 Å². The minimum Gasteiger partial charge on any atom is -0.396 e. The Labute approximate surface area is 105 Å². The summed E-state index contributed by atoms with van der Waals surface area (Å²) in [4.78, 5) is 12.0. The van der Waals surface area contributed by atoms with Gasteiger partial charge in [0, 0.05) is 5.69 Å². The topological polar surface area (TPSA) is 83.8 Å². The molecule has 0 aliphatic carbocycles. The van der Waals surface area contributed by atoms with Gasteiger partial charge < -0.3 is 11.1 Å². The summed E-state index contributed by atoms with van der Waals surface area (Å²) in [6.07, 6.45) is 1.42. The number of aromatic nitrogens is 2. The molecule has 2 aromatic rings. The molecule has 0 spiro atoms. The number of nitrogen functional groups attached to an aromatic ring is 1. The van der Waals surface area contributed by atoms with Crippen molar-refractivity contribution in [3.05, 3.63) is 40.7 Å². The summed E-state index contributed by atoms with van der Waals surface area (Å²) < 4.78 is 0. The van der Waals surface area contributed by atoms with Gasteiger partial charge in [0.15, 0.2) is 0 Å². The summed E-state index contributed by atoms with van der Waals surface area (Å²) in [6.45, 7) is 5.95. The third-order valence-electron chi connectivity index (χ3n) is 2.81. The number of anilines is 2. The van der Waals surface area contributed by atoms with Crippen molar-refractivity contribution in [3.8, 4) is 0 Å². The zero-order valence-corrected chi connectivity index (χ0v) is 10.7. The summed E-state index contributed by atoms with van der Waals surface area (Å²) in [7, 11) is 0. The third-order valence-corrected chi connectivity index (χ3v) is 2.81. The Morgan fingerprint density at radius 1 is 1.28 bits per heavy atom. The highest BCUT2D eigenvalue weighted by Crippen LogP contribution is 2.22. The largest absolute Gasteiger partial charge is 0.396 e. The minimum atomic E-state index is -0.278. The number of nitrogens with zero attached hydrogens (tertiary/aromatic N) is 1. The molecular formula is C13H16N4O. The van der Waals surface area contributed by atoms with Gasteiger partial charge >= 0.3 is 0 Å². The van der Waals surface area contributed by atoms with E-state index in [1.165, 1.54) is 11.8 Å². The zero-order chi connectivity index (χ0) is 13.3. The van der Waals surface area contributed by atoms with Crippen LogP contribution in [-0.4, -0.2) is 16.1 Å². The molecule has 0 aliphatic heterocycles. The molecule has 18 heavy (non-hydrogen) atoms. The van der Waals surface area contributed by atoms with Gasteiger partial charge in [-0.2, -0.15) is 5.10 Å². The molecular weight excluding hydrogens is 228 g/mol. The summed E-state index contributed by atoms with van der Waals surface area (Å²) >= 11 is 0. The van der Waals surface area contributed by atoms with E-state index in [4.69, 9.17) is 5.73 Å². The molecule has 0 saturated heterocycles. The normalized spacial score (nSPS) is 10.4. The molecule has 0 unspecified atom stereocenters. The highest BCUT2D eigenvalue weighted by atomic mass is 16.2. The first kappa shape index (κ1) is 12.2. The van der Waals surface area contributed by atoms with Gasteiger partial charge in [0.2, 0.25) is 0 Å². The first-order valence-electron chi connectivity index (χ1n) is 5.67. The first-order chi connectivity index (χ1) is 8.49. The van der Waals surface area contributed by atoms with Gasteiger partial charge in [0.05, 0.1) is 11.9 Å². The van der Waals surface area contributed by atoms with E-state index < -0.39 is 0 Å².